The zero-order valence-electron chi connectivity index (χ0n) is 23.2. The van der Waals surface area contributed by atoms with Crippen LogP contribution in [-0.2, 0) is 12.6 Å². The summed E-state index contributed by atoms with van der Waals surface area (Å²) in [5, 5.41) is 0. The van der Waals surface area contributed by atoms with Gasteiger partial charge in [0.1, 0.15) is 5.75 Å². The third-order valence-electron chi connectivity index (χ3n) is 7.72. The Labute approximate surface area is 235 Å². The van der Waals surface area contributed by atoms with Gasteiger partial charge in [-0.15, -0.1) is 0 Å². The first-order chi connectivity index (χ1) is 18.9. The molecule has 4 N–H and O–H groups in total. The van der Waals surface area contributed by atoms with Crippen molar-refractivity contribution in [2.24, 2.45) is 11.5 Å². The van der Waals surface area contributed by atoms with Crippen LogP contribution in [0.15, 0.2) is 109 Å². The Kier molecular flexibility index (Phi) is 8.71. The molecule has 6 heteroatoms. The summed E-state index contributed by atoms with van der Waals surface area (Å²) >= 11 is 0. The highest BCUT2D eigenvalue weighted by atomic mass is 19.4. The number of alkyl halides is 3. The molecule has 4 rings (SSSR count). The summed E-state index contributed by atoms with van der Waals surface area (Å²) in [7, 11) is 1.62. The molecular formula is C34H37F3N2O. The molecule has 4 atom stereocenters. The molecule has 4 aromatic rings. The van der Waals surface area contributed by atoms with Crippen molar-refractivity contribution in [1.82, 2.24) is 0 Å². The normalized spacial score (nSPS) is 16.4. The molecule has 0 aliphatic rings. The molecule has 4 unspecified atom stereocenters. The van der Waals surface area contributed by atoms with Gasteiger partial charge in [-0.2, -0.15) is 13.2 Å². The lowest BCUT2D eigenvalue weighted by atomic mass is 9.64. The van der Waals surface area contributed by atoms with Crippen LogP contribution in [0.5, 0.6) is 5.75 Å². The average Bonchev–Trinajstić information content (AvgIpc) is 2.92. The molecule has 210 valence electrons. The number of hydrogen-bond acceptors (Lipinski definition) is 3. The molecule has 0 bridgehead atoms. The van der Waals surface area contributed by atoms with Gasteiger partial charge in [-0.3, -0.25) is 0 Å². The van der Waals surface area contributed by atoms with E-state index >= 15 is 0 Å². The van der Waals surface area contributed by atoms with Gasteiger partial charge in [0.25, 0.3) is 0 Å². The topological polar surface area (TPSA) is 61.3 Å². The van der Waals surface area contributed by atoms with E-state index in [4.69, 9.17) is 16.2 Å². The predicted octanol–water partition coefficient (Wildman–Crippen LogP) is 7.70. The number of rotatable bonds is 10. The Bertz CT molecular complexity index is 1350. The second-order valence-corrected chi connectivity index (χ2v) is 11.2. The molecule has 0 saturated heterocycles. The van der Waals surface area contributed by atoms with Crippen molar-refractivity contribution in [2.45, 2.75) is 55.8 Å². The van der Waals surface area contributed by atoms with Crippen LogP contribution in [0.1, 0.15) is 59.9 Å². The van der Waals surface area contributed by atoms with Crippen LogP contribution in [-0.4, -0.2) is 18.2 Å². The first-order valence-electron chi connectivity index (χ1n) is 13.4. The smallest absolute Gasteiger partial charge is 0.416 e. The van der Waals surface area contributed by atoms with Gasteiger partial charge < -0.3 is 16.2 Å². The third kappa shape index (κ3) is 6.93. The standard InChI is InChI=1S/C34H37F3N2O/c1-32(38,22-24-10-6-4-7-11-24)23-30(25-14-18-28(19-15-25)34(35,36)37)33(2,39)31(26-12-8-5-9-13-26)27-16-20-29(40-3)21-17-27/h4-21,30-31H,22-23,38-39H2,1-3H3. The highest BCUT2D eigenvalue weighted by Crippen LogP contribution is 2.46. The SMILES string of the molecule is COc1ccc(C(c2ccccc2)C(C)(N)C(CC(C)(N)Cc2ccccc2)c2ccc(C(F)(F)F)cc2)cc1. The minimum Gasteiger partial charge on any atom is -0.497 e. The molecule has 0 saturated carbocycles. The molecule has 0 radical (unpaired) electrons. The van der Waals surface area contributed by atoms with E-state index in [0.717, 1.165) is 40.1 Å². The van der Waals surface area contributed by atoms with Crippen molar-refractivity contribution in [3.63, 3.8) is 0 Å². The Morgan fingerprint density at radius 2 is 1.18 bits per heavy atom. The summed E-state index contributed by atoms with van der Waals surface area (Å²) in [5.74, 6) is 0.0752. The number of hydrogen-bond donors (Lipinski definition) is 2. The zero-order valence-corrected chi connectivity index (χ0v) is 23.2. The number of benzene rings is 4. The number of nitrogens with two attached hydrogens (primary N) is 2. The Morgan fingerprint density at radius 1 is 0.675 bits per heavy atom. The van der Waals surface area contributed by atoms with Gasteiger partial charge in [-0.1, -0.05) is 84.9 Å². The number of methoxy groups -OCH3 is 1. The molecule has 0 aromatic heterocycles. The minimum atomic E-state index is -4.43. The maximum atomic E-state index is 13.4. The second kappa shape index (κ2) is 11.9. The fraction of sp³-hybridized carbons (Fsp3) is 0.294. The fourth-order valence-electron chi connectivity index (χ4n) is 5.76. The number of halogens is 3. The lowest BCUT2D eigenvalue weighted by Crippen LogP contribution is -2.52. The Balaban J connectivity index is 1.82. The van der Waals surface area contributed by atoms with Gasteiger partial charge in [-0.05, 0) is 73.2 Å². The van der Waals surface area contributed by atoms with Crippen molar-refractivity contribution < 1.29 is 17.9 Å². The van der Waals surface area contributed by atoms with E-state index in [1.54, 1.807) is 19.2 Å². The van der Waals surface area contributed by atoms with E-state index < -0.39 is 22.8 Å². The van der Waals surface area contributed by atoms with E-state index in [1.807, 2.05) is 98.8 Å². The largest absolute Gasteiger partial charge is 0.497 e. The Morgan fingerprint density at radius 3 is 1.70 bits per heavy atom. The first kappa shape index (κ1) is 29.4. The summed E-state index contributed by atoms with van der Waals surface area (Å²) in [6.07, 6.45) is -3.37. The van der Waals surface area contributed by atoms with Gasteiger partial charge in [0.15, 0.2) is 0 Å². The lowest BCUT2D eigenvalue weighted by Gasteiger charge is -2.45. The van der Waals surface area contributed by atoms with Crippen LogP contribution in [0.25, 0.3) is 0 Å². The molecule has 0 amide bonds. The zero-order chi connectivity index (χ0) is 29.0. The van der Waals surface area contributed by atoms with E-state index in [-0.39, 0.29) is 11.8 Å². The summed E-state index contributed by atoms with van der Waals surface area (Å²) in [4.78, 5) is 0. The lowest BCUT2D eigenvalue weighted by molar-refractivity contribution is -0.137. The maximum Gasteiger partial charge on any atom is 0.416 e. The summed E-state index contributed by atoms with van der Waals surface area (Å²) in [6.45, 7) is 3.97. The van der Waals surface area contributed by atoms with E-state index in [2.05, 4.69) is 0 Å². The van der Waals surface area contributed by atoms with Crippen molar-refractivity contribution in [3.8, 4) is 5.75 Å². The summed E-state index contributed by atoms with van der Waals surface area (Å²) in [5.41, 5.74) is 15.8. The van der Waals surface area contributed by atoms with Crippen molar-refractivity contribution in [3.05, 3.63) is 137 Å². The van der Waals surface area contributed by atoms with E-state index in [9.17, 15) is 13.2 Å². The predicted molar refractivity (Wildman–Crippen MR) is 155 cm³/mol. The molecule has 4 aromatic carbocycles. The summed E-state index contributed by atoms with van der Waals surface area (Å²) < 4.78 is 45.7. The van der Waals surface area contributed by atoms with Crippen LogP contribution in [0, 0.1) is 0 Å². The Hall–Kier alpha value is -3.61. The van der Waals surface area contributed by atoms with Gasteiger partial charge in [0.2, 0.25) is 0 Å². The van der Waals surface area contributed by atoms with Crippen molar-refractivity contribution in [2.75, 3.05) is 7.11 Å². The molecular weight excluding hydrogens is 509 g/mol. The van der Waals surface area contributed by atoms with Gasteiger partial charge in [0.05, 0.1) is 12.7 Å². The maximum absolute atomic E-state index is 13.4. The molecule has 0 aliphatic carbocycles. The van der Waals surface area contributed by atoms with E-state index in [1.165, 1.54) is 0 Å². The van der Waals surface area contributed by atoms with Crippen LogP contribution in [0.4, 0.5) is 13.2 Å². The fourth-order valence-corrected chi connectivity index (χ4v) is 5.76. The minimum absolute atomic E-state index is 0.278. The highest BCUT2D eigenvalue weighted by molar-refractivity contribution is 5.42. The molecule has 0 aliphatic heterocycles. The molecule has 0 heterocycles. The molecule has 40 heavy (non-hydrogen) atoms. The van der Waals surface area contributed by atoms with E-state index in [0.29, 0.717) is 12.8 Å². The third-order valence-corrected chi connectivity index (χ3v) is 7.72. The van der Waals surface area contributed by atoms with Gasteiger partial charge in [0, 0.05) is 22.9 Å². The quantitative estimate of drug-likeness (QED) is 0.214. The summed E-state index contributed by atoms with van der Waals surface area (Å²) in [6, 6.07) is 33.1. The van der Waals surface area contributed by atoms with Gasteiger partial charge >= 0.3 is 6.18 Å². The van der Waals surface area contributed by atoms with Crippen LogP contribution >= 0.6 is 0 Å². The number of ether oxygens (including phenoxy) is 1. The highest BCUT2D eigenvalue weighted by Gasteiger charge is 2.43. The second-order valence-electron chi connectivity index (χ2n) is 11.2. The molecule has 0 fully saturated rings. The van der Waals surface area contributed by atoms with Gasteiger partial charge in [-0.25, -0.2) is 0 Å². The van der Waals surface area contributed by atoms with Crippen molar-refractivity contribution >= 4 is 0 Å². The van der Waals surface area contributed by atoms with Crippen LogP contribution in [0.2, 0.25) is 0 Å². The van der Waals surface area contributed by atoms with Crippen molar-refractivity contribution in [1.29, 1.82) is 0 Å². The molecule has 0 spiro atoms. The average molecular weight is 547 g/mol. The van der Waals surface area contributed by atoms with Crippen LogP contribution in [0.3, 0.4) is 0 Å². The first-order valence-corrected chi connectivity index (χ1v) is 13.4. The van der Waals surface area contributed by atoms with Crippen LogP contribution < -0.4 is 16.2 Å². The molecule has 3 nitrogen and oxygen atoms in total. The monoisotopic (exact) mass is 546 g/mol.